The van der Waals surface area contributed by atoms with Crippen LogP contribution in [0.2, 0.25) is 5.02 Å². The first-order chi connectivity index (χ1) is 12.3. The molecule has 0 radical (unpaired) electrons. The fraction of sp³-hybridized carbons (Fsp3) is 0.375. The van der Waals surface area contributed by atoms with Crippen molar-refractivity contribution in [1.29, 1.82) is 0 Å². The van der Waals surface area contributed by atoms with Crippen LogP contribution in [-0.4, -0.2) is 29.7 Å². The lowest BCUT2D eigenvalue weighted by atomic mass is 9.78. The second-order valence-corrected chi connectivity index (χ2v) is 6.20. The van der Waals surface area contributed by atoms with Crippen LogP contribution in [0.3, 0.4) is 0 Å². The Kier molecular flexibility index (Phi) is 5.35. The number of nitrogens with one attached hydrogen (secondary N) is 1. The number of carbonyl (C=O) groups is 2. The lowest BCUT2D eigenvalue weighted by molar-refractivity contribution is -0.344. The summed E-state index contributed by atoms with van der Waals surface area (Å²) in [6.45, 7) is 0. The summed E-state index contributed by atoms with van der Waals surface area (Å²) in [7, 11) is 0. The van der Waals surface area contributed by atoms with E-state index in [1.807, 2.05) is 0 Å². The Morgan fingerprint density at radius 2 is 1.67 bits per heavy atom. The van der Waals surface area contributed by atoms with Gasteiger partial charge in [0.2, 0.25) is 0 Å². The van der Waals surface area contributed by atoms with Crippen molar-refractivity contribution in [2.24, 2.45) is 0 Å². The smallest absolute Gasteiger partial charge is 0.334 e. The molecule has 11 heteroatoms. The van der Waals surface area contributed by atoms with Gasteiger partial charge in [0, 0.05) is 10.6 Å². The lowest BCUT2D eigenvalue weighted by Gasteiger charge is -2.37. The van der Waals surface area contributed by atoms with Crippen LogP contribution in [0.15, 0.2) is 36.4 Å². The van der Waals surface area contributed by atoms with Crippen LogP contribution in [0.1, 0.15) is 18.4 Å². The number of benzene rings is 1. The van der Waals surface area contributed by atoms with Crippen LogP contribution in [0.25, 0.3) is 0 Å². The highest BCUT2D eigenvalue weighted by molar-refractivity contribution is 6.32. The lowest BCUT2D eigenvalue weighted by Crippen LogP contribution is -2.64. The number of rotatable bonds is 4. The third kappa shape index (κ3) is 3.42. The van der Waals surface area contributed by atoms with Gasteiger partial charge in [-0.15, -0.1) is 0 Å². The fourth-order valence-corrected chi connectivity index (χ4v) is 2.91. The van der Waals surface area contributed by atoms with Gasteiger partial charge in [0.1, 0.15) is 5.54 Å². The van der Waals surface area contributed by atoms with E-state index in [4.69, 9.17) is 11.6 Å². The molecule has 27 heavy (non-hydrogen) atoms. The van der Waals surface area contributed by atoms with Crippen molar-refractivity contribution < 1.29 is 40.3 Å². The number of amides is 1. The first-order valence-corrected chi connectivity index (χ1v) is 7.76. The predicted molar refractivity (Wildman–Crippen MR) is 80.6 cm³/mol. The van der Waals surface area contributed by atoms with E-state index in [9.17, 15) is 40.3 Å². The third-order valence-corrected chi connectivity index (χ3v) is 4.40. The molecule has 0 heterocycles. The second-order valence-electron chi connectivity index (χ2n) is 5.79. The molecular weight excluding hydrogens is 407 g/mol. The van der Waals surface area contributed by atoms with E-state index in [0.29, 0.717) is 0 Å². The minimum absolute atomic E-state index is 0.0540. The number of alkyl halides is 7. The minimum Gasteiger partial charge on any atom is -0.334 e. The molecule has 0 saturated heterocycles. The molecule has 0 spiro atoms. The number of ketones is 1. The monoisotopic (exact) mass is 417 g/mol. The molecule has 1 atom stereocenters. The Morgan fingerprint density at radius 3 is 2.19 bits per heavy atom. The first-order valence-electron chi connectivity index (χ1n) is 7.38. The predicted octanol–water partition coefficient (Wildman–Crippen LogP) is 4.40. The van der Waals surface area contributed by atoms with Crippen molar-refractivity contribution in [2.75, 3.05) is 0 Å². The van der Waals surface area contributed by atoms with Crippen molar-refractivity contribution in [1.82, 2.24) is 5.32 Å². The highest BCUT2D eigenvalue weighted by Gasteiger charge is 2.76. The maximum Gasteiger partial charge on any atom is 0.460 e. The highest BCUT2D eigenvalue weighted by Crippen LogP contribution is 2.47. The van der Waals surface area contributed by atoms with Crippen molar-refractivity contribution in [2.45, 2.75) is 36.4 Å². The van der Waals surface area contributed by atoms with Crippen LogP contribution in [0.5, 0.6) is 0 Å². The number of hydrogen-bond donors (Lipinski definition) is 1. The van der Waals surface area contributed by atoms with E-state index in [1.54, 1.807) is 0 Å². The summed E-state index contributed by atoms with van der Waals surface area (Å²) in [6.07, 6.45) is -4.73. The molecule has 1 N–H and O–H groups in total. The third-order valence-electron chi connectivity index (χ3n) is 4.07. The molecule has 1 aromatic rings. The largest absolute Gasteiger partial charge is 0.460 e. The average Bonchev–Trinajstić information content (AvgIpc) is 2.56. The SMILES string of the molecule is O=C1C=CCCC1(NC(=O)C(F)(F)C(F)(F)C(F)(F)F)c1ccccc1Cl. The topological polar surface area (TPSA) is 46.2 Å². The van der Waals surface area contributed by atoms with E-state index in [-0.39, 0.29) is 23.4 Å². The molecule has 1 aliphatic rings. The van der Waals surface area contributed by atoms with Crippen molar-refractivity contribution in [3.63, 3.8) is 0 Å². The van der Waals surface area contributed by atoms with Gasteiger partial charge < -0.3 is 5.32 Å². The van der Waals surface area contributed by atoms with E-state index >= 15 is 0 Å². The maximum atomic E-state index is 13.7. The zero-order valence-corrected chi connectivity index (χ0v) is 14.0. The summed E-state index contributed by atoms with van der Waals surface area (Å²) in [5.41, 5.74) is -2.49. The normalized spacial score (nSPS) is 21.3. The van der Waals surface area contributed by atoms with Gasteiger partial charge in [-0.3, -0.25) is 9.59 Å². The summed E-state index contributed by atoms with van der Waals surface area (Å²) in [5.74, 6) is -16.7. The Bertz CT molecular complexity index is 791. The molecule has 2 rings (SSSR count). The van der Waals surface area contributed by atoms with Crippen LogP contribution >= 0.6 is 11.6 Å². The molecule has 1 aromatic carbocycles. The van der Waals surface area contributed by atoms with Gasteiger partial charge in [-0.25, -0.2) is 0 Å². The van der Waals surface area contributed by atoms with E-state index < -0.39 is 35.3 Å². The van der Waals surface area contributed by atoms with Gasteiger partial charge in [-0.05, 0) is 25.0 Å². The molecule has 1 aliphatic carbocycles. The van der Waals surface area contributed by atoms with Gasteiger partial charge >= 0.3 is 18.0 Å². The zero-order chi connectivity index (χ0) is 20.7. The summed E-state index contributed by atoms with van der Waals surface area (Å²) in [5, 5.41) is 1.24. The molecule has 148 valence electrons. The van der Waals surface area contributed by atoms with Crippen molar-refractivity contribution >= 4 is 23.3 Å². The van der Waals surface area contributed by atoms with Gasteiger partial charge in [0.05, 0.1) is 0 Å². The number of allylic oxidation sites excluding steroid dienone is 1. The first kappa shape index (κ1) is 21.2. The van der Waals surface area contributed by atoms with Gasteiger partial charge in [0.25, 0.3) is 5.91 Å². The van der Waals surface area contributed by atoms with Crippen molar-refractivity contribution in [3.8, 4) is 0 Å². The average molecular weight is 418 g/mol. The number of carbonyl (C=O) groups excluding carboxylic acids is 2. The minimum atomic E-state index is -6.68. The van der Waals surface area contributed by atoms with E-state index in [2.05, 4.69) is 0 Å². The number of halogens is 8. The standard InChI is InChI=1S/C16H11ClF7NO2/c17-10-6-2-1-5-9(10)13(8-4-3-7-11(13)26)25-12(27)14(18,19)15(20,21)16(22,23)24/h1-3,5-7H,4,8H2,(H,25,27). The van der Waals surface area contributed by atoms with Gasteiger partial charge in [-0.1, -0.05) is 35.9 Å². The Hall–Kier alpha value is -2.10. The molecule has 0 aromatic heterocycles. The number of hydrogen-bond acceptors (Lipinski definition) is 2. The fourth-order valence-electron chi connectivity index (χ4n) is 2.61. The zero-order valence-electron chi connectivity index (χ0n) is 13.2. The molecular formula is C16H11ClF7NO2. The molecule has 0 saturated carbocycles. The molecule has 0 aliphatic heterocycles. The Balaban J connectivity index is 2.52. The van der Waals surface area contributed by atoms with Crippen LogP contribution in [0, 0.1) is 0 Å². The van der Waals surface area contributed by atoms with E-state index in [0.717, 1.165) is 6.08 Å². The maximum absolute atomic E-state index is 13.7. The molecule has 1 amide bonds. The van der Waals surface area contributed by atoms with Crippen LogP contribution < -0.4 is 5.32 Å². The quantitative estimate of drug-likeness (QED) is 0.738. The highest BCUT2D eigenvalue weighted by atomic mass is 35.5. The van der Waals surface area contributed by atoms with E-state index in [1.165, 1.54) is 35.7 Å². The van der Waals surface area contributed by atoms with Gasteiger partial charge in [-0.2, -0.15) is 30.7 Å². The molecule has 1 unspecified atom stereocenters. The Labute approximate surface area is 153 Å². The Morgan fingerprint density at radius 1 is 1.07 bits per heavy atom. The van der Waals surface area contributed by atoms with Gasteiger partial charge in [0.15, 0.2) is 5.78 Å². The summed E-state index contributed by atoms with van der Waals surface area (Å²) in [6, 6.07) is 5.18. The summed E-state index contributed by atoms with van der Waals surface area (Å²) in [4.78, 5) is 24.2. The van der Waals surface area contributed by atoms with Crippen LogP contribution in [0.4, 0.5) is 30.7 Å². The molecule has 3 nitrogen and oxygen atoms in total. The molecule has 0 bridgehead atoms. The van der Waals surface area contributed by atoms with Crippen LogP contribution in [-0.2, 0) is 15.1 Å². The second kappa shape index (κ2) is 6.81. The van der Waals surface area contributed by atoms with Crippen molar-refractivity contribution in [3.05, 3.63) is 47.0 Å². The summed E-state index contributed by atoms with van der Waals surface area (Å²) < 4.78 is 90.7. The summed E-state index contributed by atoms with van der Waals surface area (Å²) >= 11 is 5.93. The molecule has 0 fully saturated rings.